The lowest BCUT2D eigenvalue weighted by Gasteiger charge is -2.23. The predicted octanol–water partition coefficient (Wildman–Crippen LogP) is -1.12. The number of hydrogen-bond acceptors (Lipinski definition) is 7. The number of primary amides is 1. The maximum Gasteiger partial charge on any atom is 0.310 e. The average molecular weight is 407 g/mol. The number of fused-ring (bicyclic) bond motifs is 1. The zero-order valence-corrected chi connectivity index (χ0v) is 15.7. The van der Waals surface area contributed by atoms with Crippen LogP contribution in [-0.4, -0.2) is 70.5 Å². The number of ketones is 1. The summed E-state index contributed by atoms with van der Waals surface area (Å²) in [6, 6.07) is 2.59. The number of carbonyl (C=O) groups excluding carboxylic acids is 4. The number of pyridine rings is 1. The number of sulfonamides is 1. The van der Waals surface area contributed by atoms with Crippen LogP contribution in [-0.2, 0) is 24.4 Å². The van der Waals surface area contributed by atoms with E-state index < -0.39 is 51.4 Å². The van der Waals surface area contributed by atoms with Crippen molar-refractivity contribution < 1.29 is 27.6 Å². The first-order valence-corrected chi connectivity index (χ1v) is 10.1. The molecule has 2 N–H and O–H groups in total. The molecule has 2 unspecified atom stereocenters. The third-order valence-electron chi connectivity index (χ3n) is 4.79. The molecule has 149 valence electrons. The van der Waals surface area contributed by atoms with Crippen molar-refractivity contribution in [2.45, 2.75) is 31.3 Å². The molecule has 0 spiro atoms. The standard InChI is InChI=1S/C17H19N4O6S/c18-14(23)5-3-6-15(24)20-9-7-12-16(20)13(22)10-21(12)28(26,27)17(25)11-4-1-2-8-19-11/h1-2,4,6,8,12,16H,3,5,7,9-10H2,(H2,18,23). The zero-order valence-electron chi connectivity index (χ0n) is 14.9. The van der Waals surface area contributed by atoms with Gasteiger partial charge in [0.1, 0.15) is 11.7 Å². The molecule has 2 atom stereocenters. The number of carbonyl (C=O) groups is 4. The van der Waals surface area contributed by atoms with Crippen molar-refractivity contribution in [2.75, 3.05) is 13.1 Å². The summed E-state index contributed by atoms with van der Waals surface area (Å²) in [6.45, 7) is -0.294. The zero-order chi connectivity index (χ0) is 20.5. The second kappa shape index (κ2) is 7.76. The predicted molar refractivity (Wildman–Crippen MR) is 95.8 cm³/mol. The molecule has 2 aliphatic heterocycles. The van der Waals surface area contributed by atoms with Crippen LogP contribution < -0.4 is 5.73 Å². The Hall–Kier alpha value is -2.66. The molecule has 1 aromatic heterocycles. The molecule has 0 saturated carbocycles. The van der Waals surface area contributed by atoms with Gasteiger partial charge in [0.25, 0.3) is 10.0 Å². The summed E-state index contributed by atoms with van der Waals surface area (Å²) in [5.41, 5.74) is 4.80. The lowest BCUT2D eigenvalue weighted by atomic mass is 10.1. The molecule has 28 heavy (non-hydrogen) atoms. The molecular formula is C17H19N4O6S. The summed E-state index contributed by atoms with van der Waals surface area (Å²) in [7, 11) is -4.45. The second-order valence-electron chi connectivity index (χ2n) is 6.56. The summed E-state index contributed by atoms with van der Waals surface area (Å²) < 4.78 is 26.4. The topological polar surface area (TPSA) is 148 Å². The van der Waals surface area contributed by atoms with Gasteiger partial charge in [0, 0.05) is 19.2 Å². The first-order chi connectivity index (χ1) is 13.2. The average Bonchev–Trinajstić information content (AvgIpc) is 3.23. The third kappa shape index (κ3) is 3.67. The van der Waals surface area contributed by atoms with E-state index in [1.165, 1.54) is 29.7 Å². The fraction of sp³-hybridized carbons (Fsp3) is 0.412. The van der Waals surface area contributed by atoms with Crippen LogP contribution in [0, 0.1) is 6.42 Å². The van der Waals surface area contributed by atoms with Crippen LogP contribution in [0.15, 0.2) is 24.4 Å². The number of Topliss-reactive ketones (excluding diaryl/α,β-unsaturated/α-hetero) is 1. The maximum absolute atomic E-state index is 12.8. The molecule has 0 bridgehead atoms. The summed E-state index contributed by atoms with van der Waals surface area (Å²) in [5, 5.41) is -1.18. The molecular weight excluding hydrogens is 388 g/mol. The highest BCUT2D eigenvalue weighted by molar-refractivity contribution is 8.04. The SMILES string of the molecule is NC(=O)CC[CH]C(=O)N1CCC2C1C(=O)CN2S(=O)(=O)C(=O)c1ccccn1. The molecule has 3 rings (SSSR count). The molecule has 2 fully saturated rings. The van der Waals surface area contributed by atoms with Crippen molar-refractivity contribution >= 4 is 32.7 Å². The van der Waals surface area contributed by atoms with Gasteiger partial charge in [0.15, 0.2) is 5.78 Å². The highest BCUT2D eigenvalue weighted by Crippen LogP contribution is 2.33. The van der Waals surface area contributed by atoms with E-state index in [4.69, 9.17) is 5.73 Å². The minimum Gasteiger partial charge on any atom is -0.370 e. The Labute approximate surface area is 161 Å². The Morgan fingerprint density at radius 3 is 2.68 bits per heavy atom. The van der Waals surface area contributed by atoms with E-state index in [-0.39, 0.29) is 31.5 Å². The van der Waals surface area contributed by atoms with Crippen molar-refractivity contribution in [1.82, 2.24) is 14.2 Å². The van der Waals surface area contributed by atoms with Crippen LogP contribution in [0.5, 0.6) is 0 Å². The Morgan fingerprint density at radius 2 is 2.04 bits per heavy atom. The Balaban J connectivity index is 1.75. The van der Waals surface area contributed by atoms with Gasteiger partial charge < -0.3 is 10.6 Å². The largest absolute Gasteiger partial charge is 0.370 e. The minimum atomic E-state index is -4.45. The normalized spacial score (nSPS) is 22.3. The Bertz CT molecular complexity index is 917. The lowest BCUT2D eigenvalue weighted by molar-refractivity contribution is -0.133. The number of amides is 2. The quantitative estimate of drug-likeness (QED) is 0.628. The Morgan fingerprint density at radius 1 is 1.29 bits per heavy atom. The molecule has 3 heterocycles. The molecule has 2 saturated heterocycles. The van der Waals surface area contributed by atoms with Crippen molar-refractivity contribution in [3.8, 4) is 0 Å². The number of hydrogen-bond donors (Lipinski definition) is 1. The molecule has 10 nitrogen and oxygen atoms in total. The number of nitrogens with two attached hydrogens (primary N) is 1. The molecule has 1 radical (unpaired) electrons. The van der Waals surface area contributed by atoms with Crippen molar-refractivity contribution in [1.29, 1.82) is 0 Å². The van der Waals surface area contributed by atoms with E-state index in [1.807, 2.05) is 0 Å². The molecule has 0 aromatic carbocycles. The second-order valence-corrected chi connectivity index (χ2v) is 8.35. The van der Waals surface area contributed by atoms with Gasteiger partial charge in [-0.05, 0) is 25.0 Å². The summed E-state index contributed by atoms with van der Waals surface area (Å²) in [5.74, 6) is -1.46. The van der Waals surface area contributed by atoms with Gasteiger partial charge in [-0.3, -0.25) is 24.2 Å². The fourth-order valence-electron chi connectivity index (χ4n) is 3.52. The van der Waals surface area contributed by atoms with Crippen molar-refractivity contribution in [3.05, 3.63) is 36.5 Å². The minimum absolute atomic E-state index is 0.000698. The number of likely N-dealkylation sites (tertiary alicyclic amines) is 1. The molecule has 0 aliphatic carbocycles. The van der Waals surface area contributed by atoms with Crippen LogP contribution in [0.3, 0.4) is 0 Å². The van der Waals surface area contributed by atoms with Crippen LogP contribution in [0.2, 0.25) is 0 Å². The fourth-order valence-corrected chi connectivity index (χ4v) is 4.99. The van der Waals surface area contributed by atoms with Gasteiger partial charge in [-0.1, -0.05) is 6.07 Å². The highest BCUT2D eigenvalue weighted by atomic mass is 32.2. The monoisotopic (exact) mass is 407 g/mol. The Kier molecular flexibility index (Phi) is 5.57. The number of rotatable bonds is 6. The van der Waals surface area contributed by atoms with Gasteiger partial charge in [0.05, 0.1) is 19.0 Å². The van der Waals surface area contributed by atoms with Crippen LogP contribution in [0.25, 0.3) is 0 Å². The smallest absolute Gasteiger partial charge is 0.310 e. The molecule has 11 heteroatoms. The highest BCUT2D eigenvalue weighted by Gasteiger charge is 2.54. The van der Waals surface area contributed by atoms with Gasteiger partial charge in [-0.25, -0.2) is 8.42 Å². The van der Waals surface area contributed by atoms with Crippen molar-refractivity contribution in [3.63, 3.8) is 0 Å². The summed E-state index contributed by atoms with van der Waals surface area (Å²) >= 11 is 0. The molecule has 1 aromatic rings. The first kappa shape index (κ1) is 20.1. The van der Waals surface area contributed by atoms with Gasteiger partial charge in [-0.2, -0.15) is 4.31 Å². The van der Waals surface area contributed by atoms with E-state index in [2.05, 4.69) is 4.98 Å². The van der Waals surface area contributed by atoms with E-state index in [9.17, 15) is 27.6 Å². The third-order valence-corrected chi connectivity index (χ3v) is 6.48. The van der Waals surface area contributed by atoms with Crippen LogP contribution >= 0.6 is 0 Å². The van der Waals surface area contributed by atoms with Crippen LogP contribution in [0.1, 0.15) is 29.8 Å². The van der Waals surface area contributed by atoms with Crippen molar-refractivity contribution in [2.24, 2.45) is 5.73 Å². The molecule has 2 aliphatic rings. The summed E-state index contributed by atoms with van der Waals surface area (Å²) in [6.07, 6.45) is 2.94. The first-order valence-electron chi connectivity index (χ1n) is 8.65. The molecule has 2 amide bonds. The van der Waals surface area contributed by atoms with E-state index >= 15 is 0 Å². The lowest BCUT2D eigenvalue weighted by Crippen LogP contribution is -2.44. The number of aromatic nitrogens is 1. The van der Waals surface area contributed by atoms with Gasteiger partial charge in [0.2, 0.25) is 11.8 Å². The maximum atomic E-state index is 12.8. The number of nitrogens with zero attached hydrogens (tertiary/aromatic N) is 3. The van der Waals surface area contributed by atoms with E-state index in [1.54, 1.807) is 6.07 Å². The van der Waals surface area contributed by atoms with Gasteiger partial charge >= 0.3 is 5.12 Å². The van der Waals surface area contributed by atoms with E-state index in [0.29, 0.717) is 0 Å². The summed E-state index contributed by atoms with van der Waals surface area (Å²) in [4.78, 5) is 53.1. The van der Waals surface area contributed by atoms with Crippen LogP contribution in [0.4, 0.5) is 0 Å². The van der Waals surface area contributed by atoms with Gasteiger partial charge in [-0.15, -0.1) is 0 Å². The van der Waals surface area contributed by atoms with E-state index in [0.717, 1.165) is 4.31 Å².